The maximum atomic E-state index is 12.4. The number of benzene rings is 1. The molecule has 1 amide bonds. The van der Waals surface area contributed by atoms with Crippen molar-refractivity contribution in [2.24, 2.45) is 0 Å². The van der Waals surface area contributed by atoms with E-state index in [1.54, 1.807) is 11.3 Å². The smallest absolute Gasteiger partial charge is 0.227 e. The highest BCUT2D eigenvalue weighted by atomic mass is 35.5. The van der Waals surface area contributed by atoms with Crippen molar-refractivity contribution in [1.29, 1.82) is 0 Å². The van der Waals surface area contributed by atoms with E-state index in [0.717, 1.165) is 42.6 Å². The van der Waals surface area contributed by atoms with E-state index >= 15 is 0 Å². The molecule has 2 heterocycles. The van der Waals surface area contributed by atoms with Gasteiger partial charge < -0.3 is 4.90 Å². The number of amides is 1. The van der Waals surface area contributed by atoms with Crippen LogP contribution in [0, 0.1) is 0 Å². The second-order valence-corrected chi connectivity index (χ2v) is 7.90. The maximum absolute atomic E-state index is 12.4. The molecule has 0 N–H and O–H groups in total. The lowest BCUT2D eigenvalue weighted by Crippen LogP contribution is -2.48. The summed E-state index contributed by atoms with van der Waals surface area (Å²) < 4.78 is 0.830. The SMILES string of the molecule is O=C(Cc1ccc(Cl)cc1)N1CCN(Cc2ccc(Cl)s2)CC1. The van der Waals surface area contributed by atoms with Gasteiger partial charge >= 0.3 is 0 Å². The Kier molecular flexibility index (Phi) is 5.59. The van der Waals surface area contributed by atoms with Crippen LogP contribution in [0.5, 0.6) is 0 Å². The molecule has 1 aromatic heterocycles. The predicted molar refractivity (Wildman–Crippen MR) is 96.3 cm³/mol. The summed E-state index contributed by atoms with van der Waals surface area (Å²) in [6.45, 7) is 4.29. The van der Waals surface area contributed by atoms with Crippen LogP contribution in [0.15, 0.2) is 36.4 Å². The quantitative estimate of drug-likeness (QED) is 0.815. The highest BCUT2D eigenvalue weighted by Crippen LogP contribution is 2.23. The molecule has 0 atom stereocenters. The second kappa shape index (κ2) is 7.67. The third-order valence-electron chi connectivity index (χ3n) is 4.00. The second-order valence-electron chi connectivity index (χ2n) is 5.67. The molecular formula is C17H18Cl2N2OS. The van der Waals surface area contributed by atoms with Crippen LogP contribution in [0.25, 0.3) is 0 Å². The first-order chi connectivity index (χ1) is 11.1. The Bertz CT molecular complexity index is 663. The van der Waals surface area contributed by atoms with Crippen LogP contribution in [0.4, 0.5) is 0 Å². The van der Waals surface area contributed by atoms with Gasteiger partial charge in [-0.05, 0) is 29.8 Å². The lowest BCUT2D eigenvalue weighted by molar-refractivity contribution is -0.132. The van der Waals surface area contributed by atoms with E-state index < -0.39 is 0 Å². The summed E-state index contributed by atoms with van der Waals surface area (Å²) in [7, 11) is 0. The van der Waals surface area contributed by atoms with E-state index in [0.29, 0.717) is 11.4 Å². The first-order valence-corrected chi connectivity index (χ1v) is 9.16. The van der Waals surface area contributed by atoms with Gasteiger partial charge in [-0.3, -0.25) is 9.69 Å². The van der Waals surface area contributed by atoms with E-state index in [1.165, 1.54) is 4.88 Å². The average molecular weight is 369 g/mol. The van der Waals surface area contributed by atoms with Gasteiger partial charge in [-0.1, -0.05) is 35.3 Å². The first-order valence-electron chi connectivity index (χ1n) is 7.59. The monoisotopic (exact) mass is 368 g/mol. The molecule has 1 aliphatic heterocycles. The van der Waals surface area contributed by atoms with Crippen LogP contribution in [0.3, 0.4) is 0 Å². The van der Waals surface area contributed by atoms with Crippen molar-refractivity contribution in [3.8, 4) is 0 Å². The molecule has 6 heteroatoms. The number of carbonyl (C=O) groups is 1. The number of nitrogens with zero attached hydrogens (tertiary/aromatic N) is 2. The fourth-order valence-corrected chi connectivity index (χ4v) is 3.96. The summed E-state index contributed by atoms with van der Waals surface area (Å²) >= 11 is 13.5. The third-order valence-corrected chi connectivity index (χ3v) is 5.47. The molecule has 2 aromatic rings. The molecule has 1 saturated heterocycles. The lowest BCUT2D eigenvalue weighted by atomic mass is 10.1. The summed E-state index contributed by atoms with van der Waals surface area (Å²) in [5.41, 5.74) is 1.01. The van der Waals surface area contributed by atoms with Crippen LogP contribution < -0.4 is 0 Å². The molecule has 3 nitrogen and oxygen atoms in total. The van der Waals surface area contributed by atoms with Gasteiger partial charge in [0.1, 0.15) is 0 Å². The van der Waals surface area contributed by atoms with E-state index in [9.17, 15) is 4.79 Å². The van der Waals surface area contributed by atoms with Crippen molar-refractivity contribution >= 4 is 40.4 Å². The Balaban J connectivity index is 1.48. The fourth-order valence-electron chi connectivity index (χ4n) is 2.70. The minimum atomic E-state index is 0.186. The molecule has 122 valence electrons. The van der Waals surface area contributed by atoms with Crippen molar-refractivity contribution < 1.29 is 4.79 Å². The molecule has 0 saturated carbocycles. The number of thiophene rings is 1. The summed E-state index contributed by atoms with van der Waals surface area (Å²) in [5.74, 6) is 0.186. The highest BCUT2D eigenvalue weighted by Gasteiger charge is 2.21. The maximum Gasteiger partial charge on any atom is 0.227 e. The highest BCUT2D eigenvalue weighted by molar-refractivity contribution is 7.16. The van der Waals surface area contributed by atoms with E-state index in [4.69, 9.17) is 23.2 Å². The molecule has 0 unspecified atom stereocenters. The van der Waals surface area contributed by atoms with Gasteiger partial charge in [0, 0.05) is 42.6 Å². The van der Waals surface area contributed by atoms with Gasteiger partial charge in [0.15, 0.2) is 0 Å². The summed E-state index contributed by atoms with van der Waals surface area (Å²) in [6.07, 6.45) is 0.442. The predicted octanol–water partition coefficient (Wildman–Crippen LogP) is 3.94. The van der Waals surface area contributed by atoms with Gasteiger partial charge in [0.05, 0.1) is 10.8 Å². The summed E-state index contributed by atoms with van der Waals surface area (Å²) in [5, 5.41) is 0.698. The standard InChI is InChI=1S/C17H18Cl2N2OS/c18-14-3-1-13(2-4-14)11-17(22)21-9-7-20(8-10-21)12-15-5-6-16(19)23-15/h1-6H,7-12H2. The molecule has 23 heavy (non-hydrogen) atoms. The minimum Gasteiger partial charge on any atom is -0.340 e. The van der Waals surface area contributed by atoms with Crippen molar-refractivity contribution in [3.05, 3.63) is 56.2 Å². The van der Waals surface area contributed by atoms with Crippen molar-refractivity contribution in [3.63, 3.8) is 0 Å². The molecule has 3 rings (SSSR count). The van der Waals surface area contributed by atoms with Crippen LogP contribution in [-0.4, -0.2) is 41.9 Å². The Labute approximate surface area is 150 Å². The largest absolute Gasteiger partial charge is 0.340 e. The molecule has 1 fully saturated rings. The number of hydrogen-bond donors (Lipinski definition) is 0. The van der Waals surface area contributed by atoms with E-state index in [1.807, 2.05) is 35.2 Å². The molecule has 0 radical (unpaired) electrons. The number of piperazine rings is 1. The van der Waals surface area contributed by atoms with Gasteiger partial charge in [-0.25, -0.2) is 0 Å². The Hall–Kier alpha value is -1.07. The zero-order valence-electron chi connectivity index (χ0n) is 12.7. The van der Waals surface area contributed by atoms with Crippen molar-refractivity contribution in [2.45, 2.75) is 13.0 Å². The number of halogens is 2. The van der Waals surface area contributed by atoms with E-state index in [-0.39, 0.29) is 5.91 Å². The van der Waals surface area contributed by atoms with Crippen molar-refractivity contribution in [1.82, 2.24) is 9.80 Å². The zero-order valence-corrected chi connectivity index (χ0v) is 15.0. The molecule has 0 spiro atoms. The van der Waals surface area contributed by atoms with Crippen LogP contribution in [0.2, 0.25) is 9.36 Å². The molecule has 1 aromatic carbocycles. The third kappa shape index (κ3) is 4.70. The normalized spacial score (nSPS) is 15.8. The summed E-state index contributed by atoms with van der Waals surface area (Å²) in [4.78, 5) is 18.0. The van der Waals surface area contributed by atoms with Crippen LogP contribution in [-0.2, 0) is 17.8 Å². The number of hydrogen-bond acceptors (Lipinski definition) is 3. The number of rotatable bonds is 4. The van der Waals surface area contributed by atoms with Gasteiger partial charge in [0.25, 0.3) is 0 Å². The van der Waals surface area contributed by atoms with Gasteiger partial charge in [-0.2, -0.15) is 0 Å². The van der Waals surface area contributed by atoms with E-state index in [2.05, 4.69) is 11.0 Å². The van der Waals surface area contributed by atoms with Gasteiger partial charge in [0.2, 0.25) is 5.91 Å². The topological polar surface area (TPSA) is 23.6 Å². The fraction of sp³-hybridized carbons (Fsp3) is 0.353. The minimum absolute atomic E-state index is 0.186. The van der Waals surface area contributed by atoms with Crippen LogP contribution in [0.1, 0.15) is 10.4 Å². The lowest BCUT2D eigenvalue weighted by Gasteiger charge is -2.34. The average Bonchev–Trinajstić information content (AvgIpc) is 2.95. The first kappa shape index (κ1) is 16.8. The molecular weight excluding hydrogens is 351 g/mol. The zero-order chi connectivity index (χ0) is 16.2. The Morgan fingerprint density at radius 3 is 2.30 bits per heavy atom. The number of carbonyl (C=O) groups excluding carboxylic acids is 1. The molecule has 1 aliphatic rings. The molecule has 0 bridgehead atoms. The van der Waals surface area contributed by atoms with Gasteiger partial charge in [-0.15, -0.1) is 11.3 Å². The van der Waals surface area contributed by atoms with Crippen LogP contribution >= 0.6 is 34.5 Å². The summed E-state index contributed by atoms with van der Waals surface area (Å²) in [6, 6.07) is 11.5. The molecule has 0 aliphatic carbocycles. The Morgan fingerprint density at radius 1 is 1.00 bits per heavy atom. The van der Waals surface area contributed by atoms with Crippen molar-refractivity contribution in [2.75, 3.05) is 26.2 Å². The Morgan fingerprint density at radius 2 is 1.70 bits per heavy atom.